The molecule has 0 amide bonds. The van der Waals surface area contributed by atoms with E-state index in [9.17, 15) is 4.79 Å². The predicted octanol–water partition coefficient (Wildman–Crippen LogP) is 1.50. The maximum atomic E-state index is 11.3. The predicted molar refractivity (Wildman–Crippen MR) is 59.8 cm³/mol. The van der Waals surface area contributed by atoms with Gasteiger partial charge in [0.25, 0.3) is 0 Å². The molecule has 0 spiro atoms. The van der Waals surface area contributed by atoms with Crippen LogP contribution < -0.4 is 0 Å². The van der Waals surface area contributed by atoms with Gasteiger partial charge in [-0.3, -0.25) is 0 Å². The summed E-state index contributed by atoms with van der Waals surface area (Å²) in [6.45, 7) is 5.78. The Labute approximate surface area is 100 Å². The minimum absolute atomic E-state index is 0.196. The maximum Gasteiger partial charge on any atom is 0.335 e. The molecule has 0 N–H and O–H groups in total. The molecule has 6 nitrogen and oxygen atoms in total. The molecule has 1 fully saturated rings. The number of ether oxygens (including phenoxy) is 2. The normalized spacial score (nSPS) is 26.3. The SMILES string of the molecule is CC(C)COC1CN=NN1/C=C1\CCOC1=O. The fraction of sp³-hybridized carbons (Fsp3) is 0.727. The molecule has 2 rings (SSSR count). The van der Waals surface area contributed by atoms with E-state index in [0.29, 0.717) is 37.7 Å². The molecule has 2 heterocycles. The van der Waals surface area contributed by atoms with E-state index in [0.717, 1.165) is 0 Å². The van der Waals surface area contributed by atoms with E-state index < -0.39 is 0 Å². The van der Waals surface area contributed by atoms with E-state index in [1.807, 2.05) is 0 Å². The van der Waals surface area contributed by atoms with Crippen molar-refractivity contribution in [2.24, 2.45) is 16.3 Å². The lowest BCUT2D eigenvalue weighted by Gasteiger charge is -2.19. The Morgan fingerprint density at radius 1 is 1.65 bits per heavy atom. The summed E-state index contributed by atoms with van der Waals surface area (Å²) in [6, 6.07) is 0. The van der Waals surface area contributed by atoms with E-state index in [2.05, 4.69) is 24.2 Å². The second kappa shape index (κ2) is 5.27. The highest BCUT2D eigenvalue weighted by molar-refractivity contribution is 5.90. The van der Waals surface area contributed by atoms with Gasteiger partial charge in [-0.2, -0.15) is 5.11 Å². The lowest BCUT2D eigenvalue weighted by molar-refractivity contribution is -0.135. The van der Waals surface area contributed by atoms with E-state index in [1.54, 1.807) is 11.2 Å². The highest BCUT2D eigenvalue weighted by Gasteiger charge is 2.26. The molecule has 2 aliphatic heterocycles. The number of rotatable bonds is 4. The van der Waals surface area contributed by atoms with Crippen LogP contribution in [0.15, 0.2) is 22.1 Å². The van der Waals surface area contributed by atoms with Crippen LogP contribution in [0.3, 0.4) is 0 Å². The average molecular weight is 239 g/mol. The van der Waals surface area contributed by atoms with Crippen LogP contribution in [-0.2, 0) is 14.3 Å². The molecule has 0 bridgehead atoms. The molecule has 6 heteroatoms. The second-order valence-corrected chi connectivity index (χ2v) is 4.52. The Morgan fingerprint density at radius 2 is 2.47 bits per heavy atom. The Hall–Kier alpha value is -1.43. The number of cyclic esters (lactones) is 1. The zero-order chi connectivity index (χ0) is 12.3. The van der Waals surface area contributed by atoms with Crippen LogP contribution >= 0.6 is 0 Å². The third-order valence-corrected chi connectivity index (χ3v) is 2.48. The largest absolute Gasteiger partial charge is 0.462 e. The van der Waals surface area contributed by atoms with Crippen LogP contribution in [0.5, 0.6) is 0 Å². The van der Waals surface area contributed by atoms with Crippen LogP contribution in [-0.4, -0.2) is 37.0 Å². The Bertz CT molecular complexity index is 352. The summed E-state index contributed by atoms with van der Waals surface area (Å²) in [4.78, 5) is 11.3. The van der Waals surface area contributed by atoms with E-state index in [1.165, 1.54) is 0 Å². The van der Waals surface area contributed by atoms with Gasteiger partial charge in [-0.1, -0.05) is 19.1 Å². The highest BCUT2D eigenvalue weighted by Crippen LogP contribution is 2.19. The van der Waals surface area contributed by atoms with Gasteiger partial charge in [-0.15, -0.1) is 0 Å². The van der Waals surface area contributed by atoms with Crippen molar-refractivity contribution in [1.29, 1.82) is 0 Å². The quantitative estimate of drug-likeness (QED) is 0.551. The summed E-state index contributed by atoms with van der Waals surface area (Å²) in [6.07, 6.45) is 2.11. The van der Waals surface area contributed by atoms with Gasteiger partial charge in [0, 0.05) is 12.6 Å². The van der Waals surface area contributed by atoms with Gasteiger partial charge in [-0.25, -0.2) is 9.80 Å². The van der Waals surface area contributed by atoms with Crippen molar-refractivity contribution in [3.63, 3.8) is 0 Å². The van der Waals surface area contributed by atoms with Crippen molar-refractivity contribution in [2.75, 3.05) is 19.8 Å². The Balaban J connectivity index is 1.94. The van der Waals surface area contributed by atoms with E-state index >= 15 is 0 Å². The van der Waals surface area contributed by atoms with Gasteiger partial charge < -0.3 is 9.47 Å². The van der Waals surface area contributed by atoms with Crippen molar-refractivity contribution in [3.05, 3.63) is 11.8 Å². The zero-order valence-electron chi connectivity index (χ0n) is 10.1. The monoisotopic (exact) mass is 239 g/mol. The van der Waals surface area contributed by atoms with Crippen LogP contribution in [0.25, 0.3) is 0 Å². The third kappa shape index (κ3) is 3.03. The minimum atomic E-state index is -0.269. The number of hydrogen-bond donors (Lipinski definition) is 0. The topological polar surface area (TPSA) is 63.5 Å². The van der Waals surface area contributed by atoms with Crippen molar-refractivity contribution < 1.29 is 14.3 Å². The summed E-state index contributed by atoms with van der Waals surface area (Å²) in [5.41, 5.74) is 0.629. The number of carbonyl (C=O) groups is 1. The minimum Gasteiger partial charge on any atom is -0.462 e. The maximum absolute atomic E-state index is 11.3. The number of nitrogens with zero attached hydrogens (tertiary/aromatic N) is 3. The van der Waals surface area contributed by atoms with Crippen LogP contribution in [0.4, 0.5) is 0 Å². The molecule has 0 aromatic rings. The Morgan fingerprint density at radius 3 is 3.12 bits per heavy atom. The molecule has 0 aromatic heterocycles. The molecule has 1 saturated heterocycles. The van der Waals surface area contributed by atoms with E-state index in [-0.39, 0.29) is 12.2 Å². The summed E-state index contributed by atoms with van der Waals surface area (Å²) in [5.74, 6) is 0.191. The summed E-state index contributed by atoms with van der Waals surface area (Å²) in [5, 5.41) is 9.46. The van der Waals surface area contributed by atoms with Gasteiger partial charge >= 0.3 is 5.97 Å². The standard InChI is InChI=1S/C11H17N3O3/c1-8(2)7-17-10-5-12-13-14(10)6-9-3-4-16-11(9)15/h6,8,10H,3-5,7H2,1-2H3/b9-6+. The lowest BCUT2D eigenvalue weighted by atomic mass is 10.2. The lowest BCUT2D eigenvalue weighted by Crippen LogP contribution is -2.29. The van der Waals surface area contributed by atoms with Crippen molar-refractivity contribution in [2.45, 2.75) is 26.5 Å². The highest BCUT2D eigenvalue weighted by atomic mass is 16.5. The van der Waals surface area contributed by atoms with Crippen molar-refractivity contribution >= 4 is 5.97 Å². The molecule has 17 heavy (non-hydrogen) atoms. The first kappa shape index (κ1) is 12.0. The number of hydrogen-bond acceptors (Lipinski definition) is 6. The summed E-state index contributed by atoms with van der Waals surface area (Å²) < 4.78 is 10.5. The van der Waals surface area contributed by atoms with Crippen molar-refractivity contribution in [3.8, 4) is 0 Å². The van der Waals surface area contributed by atoms with Gasteiger partial charge in [0.15, 0.2) is 6.23 Å². The molecule has 2 aliphatic rings. The number of esters is 1. The molecule has 1 atom stereocenters. The van der Waals surface area contributed by atoms with Crippen LogP contribution in [0, 0.1) is 5.92 Å². The molecule has 0 aliphatic carbocycles. The smallest absolute Gasteiger partial charge is 0.335 e. The zero-order valence-corrected chi connectivity index (χ0v) is 10.1. The van der Waals surface area contributed by atoms with Gasteiger partial charge in [0.1, 0.15) is 6.54 Å². The second-order valence-electron chi connectivity index (χ2n) is 4.52. The first-order valence-corrected chi connectivity index (χ1v) is 5.82. The first-order chi connectivity index (χ1) is 8.16. The van der Waals surface area contributed by atoms with Crippen LogP contribution in [0.1, 0.15) is 20.3 Å². The third-order valence-electron chi connectivity index (χ3n) is 2.48. The molecular weight excluding hydrogens is 222 g/mol. The molecular formula is C11H17N3O3. The summed E-state index contributed by atoms with van der Waals surface area (Å²) >= 11 is 0. The number of carbonyl (C=O) groups excluding carboxylic acids is 1. The molecule has 0 aromatic carbocycles. The molecule has 1 unspecified atom stereocenters. The molecule has 0 radical (unpaired) electrons. The van der Waals surface area contributed by atoms with Crippen LogP contribution in [0.2, 0.25) is 0 Å². The summed E-state index contributed by atoms with van der Waals surface area (Å²) in [7, 11) is 0. The van der Waals surface area contributed by atoms with Gasteiger partial charge in [0.05, 0.1) is 18.8 Å². The fourth-order valence-corrected chi connectivity index (χ4v) is 1.59. The van der Waals surface area contributed by atoms with E-state index in [4.69, 9.17) is 9.47 Å². The van der Waals surface area contributed by atoms with Crippen molar-refractivity contribution in [1.82, 2.24) is 5.01 Å². The fourth-order valence-electron chi connectivity index (χ4n) is 1.59. The first-order valence-electron chi connectivity index (χ1n) is 5.82. The Kier molecular flexibility index (Phi) is 3.73. The van der Waals surface area contributed by atoms with Gasteiger partial charge in [0.2, 0.25) is 0 Å². The molecule has 0 saturated carbocycles. The van der Waals surface area contributed by atoms with Gasteiger partial charge in [-0.05, 0) is 5.92 Å². The average Bonchev–Trinajstić information content (AvgIpc) is 2.87. The molecule has 94 valence electrons.